The Kier molecular flexibility index (Phi) is 11.4. The lowest BCUT2D eigenvalue weighted by molar-refractivity contribution is -0.193. The van der Waals surface area contributed by atoms with Crippen molar-refractivity contribution in [1.29, 1.82) is 0 Å². The van der Waals surface area contributed by atoms with E-state index in [-0.39, 0.29) is 5.60 Å². The number of alkyl halides is 6. The molecule has 0 bridgehead atoms. The van der Waals surface area contributed by atoms with Gasteiger partial charge in [-0.05, 0) is 37.3 Å². The van der Waals surface area contributed by atoms with Gasteiger partial charge in [0.2, 0.25) is 5.88 Å². The number of rotatable bonds is 6. The maximum Gasteiger partial charge on any atom is 0.490 e. The fraction of sp³-hybridized carbons (Fsp3) is 0.522. The van der Waals surface area contributed by atoms with E-state index in [0.29, 0.717) is 18.4 Å². The van der Waals surface area contributed by atoms with E-state index in [4.69, 9.17) is 29.3 Å². The first-order chi connectivity index (χ1) is 18.2. The van der Waals surface area contributed by atoms with E-state index in [1.165, 1.54) is 0 Å². The summed E-state index contributed by atoms with van der Waals surface area (Å²) in [6.07, 6.45) is -0.0585. The number of hydrogen-bond acceptors (Lipinski definition) is 8. The number of carbonyl (C=O) groups is 2. The SMILES string of the molecule is O=C(O)C(F)(F)F.O=C(O)C(F)(F)F.c1ccc(CN2CC3(CC(CCOc4cnccn4)CCO3)C2)nc1. The molecule has 2 aliphatic rings. The standard InChI is InChI=1S/C19H24N4O2.2C2HF3O2/c1-2-6-21-17(3-1)13-23-14-19(15-23)11-16(5-10-25-19)4-9-24-18-12-20-7-8-22-18;2*3-2(4,5)1(6)7/h1-3,6-8,12,16H,4-5,9-11,13-15H2;2*(H,6,7). The van der Waals surface area contributed by atoms with Gasteiger partial charge in [0.25, 0.3) is 0 Å². The molecule has 2 fully saturated rings. The molecule has 1 spiro atoms. The maximum absolute atomic E-state index is 10.6. The van der Waals surface area contributed by atoms with Gasteiger partial charge in [0.15, 0.2) is 0 Å². The molecule has 2 N–H and O–H groups in total. The summed E-state index contributed by atoms with van der Waals surface area (Å²) in [5.74, 6) is -4.25. The summed E-state index contributed by atoms with van der Waals surface area (Å²) in [7, 11) is 0. The average Bonchev–Trinajstić information content (AvgIpc) is 2.84. The largest absolute Gasteiger partial charge is 0.490 e. The zero-order chi connectivity index (χ0) is 29.1. The molecular weight excluding hydrogens is 542 g/mol. The Hall–Kier alpha value is -3.53. The van der Waals surface area contributed by atoms with Gasteiger partial charge >= 0.3 is 24.3 Å². The highest BCUT2D eigenvalue weighted by Crippen LogP contribution is 2.38. The van der Waals surface area contributed by atoms with E-state index in [0.717, 1.165) is 51.2 Å². The maximum atomic E-state index is 10.6. The highest BCUT2D eigenvalue weighted by molar-refractivity contribution is 5.73. The molecule has 216 valence electrons. The van der Waals surface area contributed by atoms with Crippen LogP contribution in [0.15, 0.2) is 43.0 Å². The third kappa shape index (κ3) is 11.4. The predicted octanol–water partition coefficient (Wildman–Crippen LogP) is 3.59. The van der Waals surface area contributed by atoms with E-state index < -0.39 is 24.3 Å². The van der Waals surface area contributed by atoms with Crippen molar-refractivity contribution in [1.82, 2.24) is 19.9 Å². The molecule has 0 amide bonds. The third-order valence-corrected chi connectivity index (χ3v) is 5.53. The van der Waals surface area contributed by atoms with Crippen LogP contribution in [0.3, 0.4) is 0 Å². The molecule has 4 heterocycles. The van der Waals surface area contributed by atoms with Crippen LogP contribution in [0.2, 0.25) is 0 Å². The predicted molar refractivity (Wildman–Crippen MR) is 120 cm³/mol. The van der Waals surface area contributed by atoms with Crippen molar-refractivity contribution in [3.63, 3.8) is 0 Å². The van der Waals surface area contributed by atoms with Gasteiger partial charge in [-0.3, -0.25) is 14.9 Å². The summed E-state index contributed by atoms with van der Waals surface area (Å²) in [5, 5.41) is 14.2. The number of aromatic nitrogens is 3. The molecule has 4 rings (SSSR count). The van der Waals surface area contributed by atoms with Crippen molar-refractivity contribution in [3.8, 4) is 5.88 Å². The molecule has 16 heteroatoms. The number of likely N-dealkylation sites (tertiary alicyclic amines) is 1. The molecule has 0 aromatic carbocycles. The fourth-order valence-electron chi connectivity index (χ4n) is 3.89. The molecule has 0 radical (unpaired) electrons. The molecule has 10 nitrogen and oxygen atoms in total. The van der Waals surface area contributed by atoms with E-state index in [1.807, 2.05) is 18.3 Å². The van der Waals surface area contributed by atoms with E-state index in [9.17, 15) is 26.3 Å². The molecule has 39 heavy (non-hydrogen) atoms. The minimum Gasteiger partial charge on any atom is -0.477 e. The molecule has 1 unspecified atom stereocenters. The van der Waals surface area contributed by atoms with Crippen LogP contribution in [0.5, 0.6) is 5.88 Å². The van der Waals surface area contributed by atoms with E-state index >= 15 is 0 Å². The summed E-state index contributed by atoms with van der Waals surface area (Å²) in [4.78, 5) is 32.8. The van der Waals surface area contributed by atoms with Crippen LogP contribution in [0.25, 0.3) is 0 Å². The average molecular weight is 568 g/mol. The lowest BCUT2D eigenvalue weighted by Crippen LogP contribution is -2.64. The highest BCUT2D eigenvalue weighted by Gasteiger charge is 2.47. The van der Waals surface area contributed by atoms with E-state index in [1.54, 1.807) is 18.6 Å². The number of carboxylic acid groups (broad SMARTS) is 2. The second kappa shape index (κ2) is 14.0. The highest BCUT2D eigenvalue weighted by atomic mass is 19.4. The summed E-state index contributed by atoms with van der Waals surface area (Å²) < 4.78 is 75.3. The van der Waals surface area contributed by atoms with Gasteiger partial charge in [-0.2, -0.15) is 26.3 Å². The van der Waals surface area contributed by atoms with Gasteiger partial charge in [0.1, 0.15) is 0 Å². The van der Waals surface area contributed by atoms with Crippen LogP contribution in [0.1, 0.15) is 25.0 Å². The van der Waals surface area contributed by atoms with Crippen molar-refractivity contribution in [2.24, 2.45) is 5.92 Å². The second-order valence-electron chi connectivity index (χ2n) is 8.64. The van der Waals surface area contributed by atoms with Crippen molar-refractivity contribution >= 4 is 11.9 Å². The van der Waals surface area contributed by atoms with Crippen LogP contribution in [-0.2, 0) is 20.9 Å². The Bertz CT molecular complexity index is 1010. The quantitative estimate of drug-likeness (QED) is 0.498. The summed E-state index contributed by atoms with van der Waals surface area (Å²) in [6.45, 7) is 4.47. The number of aliphatic carboxylic acids is 2. The fourth-order valence-corrected chi connectivity index (χ4v) is 3.89. The van der Waals surface area contributed by atoms with Gasteiger partial charge in [-0.15, -0.1) is 0 Å². The first-order valence-corrected chi connectivity index (χ1v) is 11.5. The lowest BCUT2D eigenvalue weighted by Gasteiger charge is -2.53. The van der Waals surface area contributed by atoms with Crippen LogP contribution in [0, 0.1) is 5.92 Å². The molecule has 2 saturated heterocycles. The normalized spacial score (nSPS) is 18.5. The van der Waals surface area contributed by atoms with Crippen LogP contribution >= 0.6 is 0 Å². The van der Waals surface area contributed by atoms with Crippen molar-refractivity contribution in [2.45, 2.75) is 43.8 Å². The molecule has 1 atom stereocenters. The Morgan fingerprint density at radius 3 is 2.18 bits per heavy atom. The Labute approximate surface area is 218 Å². The Balaban J connectivity index is 0.000000317. The number of nitrogens with zero attached hydrogens (tertiary/aromatic N) is 4. The Morgan fingerprint density at radius 2 is 1.67 bits per heavy atom. The monoisotopic (exact) mass is 568 g/mol. The van der Waals surface area contributed by atoms with Crippen LogP contribution < -0.4 is 4.74 Å². The first kappa shape index (κ1) is 31.7. The first-order valence-electron chi connectivity index (χ1n) is 11.5. The number of ether oxygens (including phenoxy) is 2. The zero-order valence-electron chi connectivity index (χ0n) is 20.4. The lowest BCUT2D eigenvalue weighted by atomic mass is 9.79. The van der Waals surface area contributed by atoms with Gasteiger partial charge in [0.05, 0.1) is 24.1 Å². The van der Waals surface area contributed by atoms with Crippen molar-refractivity contribution < 1.29 is 55.6 Å². The molecule has 0 aliphatic carbocycles. The minimum absolute atomic E-state index is 0.0459. The number of carboxylic acids is 2. The Morgan fingerprint density at radius 1 is 1.03 bits per heavy atom. The number of pyridine rings is 1. The molecule has 0 saturated carbocycles. The summed E-state index contributed by atoms with van der Waals surface area (Å²) >= 11 is 0. The van der Waals surface area contributed by atoms with Gasteiger partial charge in [-0.25, -0.2) is 14.6 Å². The molecule has 2 aliphatic heterocycles. The van der Waals surface area contributed by atoms with Crippen LogP contribution in [0.4, 0.5) is 26.3 Å². The number of halogens is 6. The summed E-state index contributed by atoms with van der Waals surface area (Å²) in [6, 6.07) is 6.08. The second-order valence-corrected chi connectivity index (χ2v) is 8.64. The van der Waals surface area contributed by atoms with Gasteiger partial charge in [0, 0.05) is 44.8 Å². The molecular formula is C23H26F6N4O6. The third-order valence-electron chi connectivity index (χ3n) is 5.53. The zero-order valence-corrected chi connectivity index (χ0v) is 20.4. The van der Waals surface area contributed by atoms with Gasteiger partial charge < -0.3 is 19.7 Å². The van der Waals surface area contributed by atoms with Crippen molar-refractivity contribution in [3.05, 3.63) is 48.7 Å². The minimum atomic E-state index is -5.08. The summed E-state index contributed by atoms with van der Waals surface area (Å²) in [5.41, 5.74) is 1.17. The van der Waals surface area contributed by atoms with Crippen LogP contribution in [-0.4, -0.2) is 86.3 Å². The smallest absolute Gasteiger partial charge is 0.477 e. The van der Waals surface area contributed by atoms with Gasteiger partial charge in [-0.1, -0.05) is 6.07 Å². The molecule has 2 aromatic heterocycles. The van der Waals surface area contributed by atoms with Crippen molar-refractivity contribution in [2.75, 3.05) is 26.3 Å². The molecule has 2 aromatic rings. The van der Waals surface area contributed by atoms with E-state index in [2.05, 4.69) is 25.9 Å². The topological polar surface area (TPSA) is 135 Å². The number of hydrogen-bond donors (Lipinski definition) is 2.